The minimum absolute atomic E-state index is 0. The van der Waals surface area contributed by atoms with Gasteiger partial charge < -0.3 is 0 Å². The summed E-state index contributed by atoms with van der Waals surface area (Å²) in [5.74, 6) is 0. The SMILES string of the molecule is ClC(Cl)=C(Cl)Cl.[C]. The molecule has 0 bridgehead atoms. The summed E-state index contributed by atoms with van der Waals surface area (Å²) in [6, 6.07) is 0. The predicted molar refractivity (Wildman–Crippen MR) is 33.7 cm³/mol. The number of rotatable bonds is 0. The molecule has 0 aliphatic rings. The van der Waals surface area contributed by atoms with Crippen molar-refractivity contribution in [2.45, 2.75) is 0 Å². The van der Waals surface area contributed by atoms with Gasteiger partial charge in [-0.2, -0.15) is 0 Å². The molecule has 0 aliphatic heterocycles. The topological polar surface area (TPSA) is 0 Å². The normalized spacial score (nSPS) is 6.86. The Balaban J connectivity index is 0. The zero-order valence-electron chi connectivity index (χ0n) is 3.01. The van der Waals surface area contributed by atoms with Gasteiger partial charge in [0.05, 0.1) is 0 Å². The fourth-order valence-electron chi connectivity index (χ4n) is 0. The van der Waals surface area contributed by atoms with Crippen LogP contribution in [0.5, 0.6) is 0 Å². The largest absolute Gasteiger partial charge is 0.136 e. The zero-order valence-corrected chi connectivity index (χ0v) is 6.04. The van der Waals surface area contributed by atoms with E-state index in [9.17, 15) is 0 Å². The minimum atomic E-state index is -0.0988. The standard InChI is InChI=1S/C2Cl4.C/c3-1(4)2(5)6;. The van der Waals surface area contributed by atoms with Crippen molar-refractivity contribution in [3.63, 3.8) is 0 Å². The molecule has 4 heteroatoms. The van der Waals surface area contributed by atoms with E-state index < -0.39 is 0 Å². The molecule has 0 spiro atoms. The van der Waals surface area contributed by atoms with E-state index in [1.165, 1.54) is 0 Å². The van der Waals surface area contributed by atoms with Crippen molar-refractivity contribution in [3.05, 3.63) is 16.4 Å². The third kappa shape index (κ3) is 6.90. The highest BCUT2D eigenvalue weighted by atomic mass is 35.5. The first-order valence-corrected chi connectivity index (χ1v) is 2.52. The van der Waals surface area contributed by atoms with Crippen LogP contribution in [0.4, 0.5) is 0 Å². The average molecular weight is 178 g/mol. The zero-order chi connectivity index (χ0) is 5.15. The molecule has 0 saturated heterocycles. The molecule has 0 nitrogen and oxygen atoms in total. The van der Waals surface area contributed by atoms with Gasteiger partial charge in [0.2, 0.25) is 0 Å². The van der Waals surface area contributed by atoms with Crippen LogP contribution in [0.2, 0.25) is 0 Å². The lowest BCUT2D eigenvalue weighted by molar-refractivity contribution is 2.25. The molecule has 0 aromatic rings. The summed E-state index contributed by atoms with van der Waals surface area (Å²) in [4.78, 5) is 0. The molecule has 0 fully saturated rings. The lowest BCUT2D eigenvalue weighted by atomic mass is 11.2. The Labute approximate surface area is 63.0 Å². The fraction of sp³-hybridized carbons (Fsp3) is 0. The van der Waals surface area contributed by atoms with Crippen LogP contribution in [0.3, 0.4) is 0 Å². The van der Waals surface area contributed by atoms with Crippen LogP contribution in [-0.2, 0) is 0 Å². The van der Waals surface area contributed by atoms with Crippen LogP contribution >= 0.6 is 46.4 Å². The lowest BCUT2D eigenvalue weighted by Gasteiger charge is -1.75. The molecular formula is C3Cl4. The summed E-state index contributed by atoms with van der Waals surface area (Å²) in [6.45, 7) is 0. The third-order valence-electron chi connectivity index (χ3n) is 0.143. The van der Waals surface area contributed by atoms with E-state index in [1.807, 2.05) is 0 Å². The van der Waals surface area contributed by atoms with Crippen LogP contribution < -0.4 is 0 Å². The first-order chi connectivity index (χ1) is 2.64. The maximum atomic E-state index is 4.99. The molecule has 0 unspecified atom stereocenters. The predicted octanol–water partition coefficient (Wildman–Crippen LogP) is 3.15. The average Bonchev–Trinajstić information content (AvgIpc) is 1.36. The van der Waals surface area contributed by atoms with Crippen LogP contribution in [0.15, 0.2) is 8.98 Å². The smallest absolute Gasteiger partial charge is 0.0682 e. The van der Waals surface area contributed by atoms with Crippen molar-refractivity contribution in [2.24, 2.45) is 0 Å². The fourth-order valence-corrected chi connectivity index (χ4v) is 0. The highest BCUT2D eigenvalue weighted by molar-refractivity contribution is 6.67. The molecule has 0 N–H and O–H groups in total. The summed E-state index contributed by atoms with van der Waals surface area (Å²) in [6.07, 6.45) is 0. The van der Waals surface area contributed by atoms with Crippen molar-refractivity contribution in [1.82, 2.24) is 0 Å². The Kier molecular flexibility index (Phi) is 7.79. The molecule has 7 heavy (non-hydrogen) atoms. The van der Waals surface area contributed by atoms with Gasteiger partial charge in [-0.3, -0.25) is 0 Å². The number of hydrogen-bond acceptors (Lipinski definition) is 0. The van der Waals surface area contributed by atoms with Gasteiger partial charge in [0, 0.05) is 7.43 Å². The van der Waals surface area contributed by atoms with E-state index in [1.54, 1.807) is 0 Å². The molecule has 0 heterocycles. The second-order valence-corrected chi connectivity index (χ2v) is 2.42. The third-order valence-corrected chi connectivity index (χ3v) is 1.29. The molecule has 0 aliphatic carbocycles. The van der Waals surface area contributed by atoms with E-state index in [0.717, 1.165) is 0 Å². The van der Waals surface area contributed by atoms with Gasteiger partial charge in [0.1, 0.15) is 8.98 Å². The molecule has 40 valence electrons. The summed E-state index contributed by atoms with van der Waals surface area (Å²) < 4.78 is -0.198. The van der Waals surface area contributed by atoms with Gasteiger partial charge in [-0.1, -0.05) is 46.4 Å². The van der Waals surface area contributed by atoms with E-state index in [4.69, 9.17) is 46.4 Å². The van der Waals surface area contributed by atoms with Crippen LogP contribution in [0.25, 0.3) is 0 Å². The van der Waals surface area contributed by atoms with Gasteiger partial charge in [-0.15, -0.1) is 0 Å². The summed E-state index contributed by atoms with van der Waals surface area (Å²) in [7, 11) is 0. The van der Waals surface area contributed by atoms with Crippen molar-refractivity contribution >= 4 is 46.4 Å². The van der Waals surface area contributed by atoms with Gasteiger partial charge >= 0.3 is 0 Å². The Morgan fingerprint density at radius 2 is 0.857 bits per heavy atom. The lowest BCUT2D eigenvalue weighted by Crippen LogP contribution is -1.47. The van der Waals surface area contributed by atoms with Crippen molar-refractivity contribution in [3.8, 4) is 0 Å². The second kappa shape index (κ2) is 5.04. The van der Waals surface area contributed by atoms with E-state index in [-0.39, 0.29) is 16.4 Å². The van der Waals surface area contributed by atoms with Crippen molar-refractivity contribution < 1.29 is 0 Å². The minimum Gasteiger partial charge on any atom is -0.0682 e. The number of hydrogen-bond donors (Lipinski definition) is 0. The molecule has 0 atom stereocenters. The first kappa shape index (κ1) is 10.8. The first-order valence-electron chi connectivity index (χ1n) is 1.01. The summed E-state index contributed by atoms with van der Waals surface area (Å²) in [5.41, 5.74) is 0. The summed E-state index contributed by atoms with van der Waals surface area (Å²) in [5, 5.41) is 0. The highest BCUT2D eigenvalue weighted by Gasteiger charge is 1.88. The molecule has 4 radical (unpaired) electrons. The maximum Gasteiger partial charge on any atom is 0.136 e. The molecule has 0 saturated carbocycles. The van der Waals surface area contributed by atoms with Crippen LogP contribution in [0, 0.1) is 7.43 Å². The van der Waals surface area contributed by atoms with Gasteiger partial charge in [0.25, 0.3) is 0 Å². The Hall–Kier alpha value is 0.900. The van der Waals surface area contributed by atoms with Gasteiger partial charge in [0.15, 0.2) is 0 Å². The van der Waals surface area contributed by atoms with Gasteiger partial charge in [-0.25, -0.2) is 0 Å². The Morgan fingerprint density at radius 1 is 0.714 bits per heavy atom. The molecule has 0 amide bonds. The van der Waals surface area contributed by atoms with Crippen molar-refractivity contribution in [1.29, 1.82) is 0 Å². The maximum absolute atomic E-state index is 4.99. The van der Waals surface area contributed by atoms with Crippen LogP contribution in [-0.4, -0.2) is 0 Å². The van der Waals surface area contributed by atoms with Crippen molar-refractivity contribution in [2.75, 3.05) is 0 Å². The Bertz CT molecular complexity index is 57.0. The quantitative estimate of drug-likeness (QED) is 0.534. The highest BCUT2D eigenvalue weighted by Crippen LogP contribution is 2.20. The molecule has 0 rings (SSSR count). The summed E-state index contributed by atoms with van der Waals surface area (Å²) >= 11 is 20.0. The molecule has 0 aromatic carbocycles. The van der Waals surface area contributed by atoms with E-state index >= 15 is 0 Å². The van der Waals surface area contributed by atoms with Crippen LogP contribution in [0.1, 0.15) is 0 Å². The van der Waals surface area contributed by atoms with Gasteiger partial charge in [-0.05, 0) is 0 Å². The molecule has 0 aromatic heterocycles. The second-order valence-electron chi connectivity index (χ2n) is 0.521. The Morgan fingerprint density at radius 3 is 0.857 bits per heavy atom. The molecular weight excluding hydrogens is 178 g/mol. The van der Waals surface area contributed by atoms with E-state index in [0.29, 0.717) is 0 Å². The monoisotopic (exact) mass is 176 g/mol. The number of halogens is 4. The van der Waals surface area contributed by atoms with E-state index in [2.05, 4.69) is 0 Å².